The average molecular weight is 1450 g/mol. The molecule has 0 N–H and O–H groups in total. The molecule has 0 bridgehead atoms. The van der Waals surface area contributed by atoms with Crippen LogP contribution in [0.5, 0.6) is 0 Å². The van der Waals surface area contributed by atoms with Crippen LogP contribution in [-0.4, -0.2) is 57.4 Å². The van der Waals surface area contributed by atoms with Gasteiger partial charge in [-0.15, -0.1) is 0 Å². The van der Waals surface area contributed by atoms with Crippen molar-refractivity contribution in [1.29, 1.82) is 0 Å². The Kier molecular flexibility index (Phi) is 19.8. The second kappa shape index (κ2) is 30.2. The van der Waals surface area contributed by atoms with E-state index < -0.39 is 7.12 Å². The van der Waals surface area contributed by atoms with Crippen LogP contribution in [0, 0.1) is 27.7 Å². The lowest BCUT2D eigenvalue weighted by Gasteiger charge is -2.32. The Morgan fingerprint density at radius 3 is 0.962 bits per heavy atom. The number of nitrogens with zero attached hydrogens (tertiary/aromatic N) is 10. The molecule has 1 fully saturated rings. The van der Waals surface area contributed by atoms with Gasteiger partial charge in [-0.05, 0) is 223 Å². The zero-order valence-electron chi connectivity index (χ0n) is 60.4. The van der Waals surface area contributed by atoms with Crippen LogP contribution >= 0.6 is 15.9 Å². The number of para-hydroxylation sites is 6. The Hall–Kier alpha value is -12.2. The van der Waals surface area contributed by atoms with E-state index in [0.29, 0.717) is 0 Å². The lowest BCUT2D eigenvalue weighted by atomic mass is 9.80. The number of imidazole rings is 2. The topological polar surface area (TPSA) is 112 Å². The van der Waals surface area contributed by atoms with Crippen molar-refractivity contribution < 1.29 is 9.31 Å². The molecule has 12 nitrogen and oxygen atoms in total. The summed E-state index contributed by atoms with van der Waals surface area (Å²) < 4.78 is 17.6. The molecule has 1 aliphatic heterocycles. The van der Waals surface area contributed by atoms with Gasteiger partial charge < -0.3 is 19.1 Å². The fourth-order valence-corrected chi connectivity index (χ4v) is 13.2. The molecule has 0 amide bonds. The number of aryl methyl sites for hydroxylation is 4. The average Bonchev–Trinajstić information content (AvgIpc) is 1.63. The number of hydrogen-bond acceptors (Lipinski definition) is 10. The molecule has 0 radical (unpaired) electrons. The molecule has 14 heteroatoms. The molecule has 7 heterocycles. The summed E-state index contributed by atoms with van der Waals surface area (Å²) in [7, 11) is -0.406. The number of halogens is 1. The van der Waals surface area contributed by atoms with E-state index in [0.717, 1.165) is 134 Å². The van der Waals surface area contributed by atoms with Crippen LogP contribution in [0.25, 0.3) is 90.1 Å². The highest BCUT2D eigenvalue weighted by molar-refractivity contribution is 9.10. The molecular formula is C92H78BBrN10O2. The summed E-state index contributed by atoms with van der Waals surface area (Å²) in [6.07, 6.45) is 7.48. The van der Waals surface area contributed by atoms with E-state index in [-0.39, 0.29) is 11.2 Å². The molecule has 1 aliphatic rings. The van der Waals surface area contributed by atoms with Crippen LogP contribution in [0.1, 0.15) is 49.9 Å². The number of benzene rings is 10. The Morgan fingerprint density at radius 1 is 0.311 bits per heavy atom. The third kappa shape index (κ3) is 15.0. The SMILES string of the molecule is Brc1ccc(-c2nc3ccccc3n2-c2ccccc2)nc1.Cc1ccc(N(c2ccc(C)cc2)c2ccc(-c3ccc(-c4ccc(-c5nc6ccccc6n5-c5ccccc5)nc4)cn3)cc2)cc1.Cc1ccc(N(c2ccc(C)cc2)c2ccc(-c3ccc(B4OC(C)(C)C(C)(C)O4)cn3)cc2)cc1. The van der Waals surface area contributed by atoms with Crippen LogP contribution < -0.4 is 15.3 Å². The molecule has 1 saturated heterocycles. The van der Waals surface area contributed by atoms with Crippen LogP contribution in [0.3, 0.4) is 0 Å². The van der Waals surface area contributed by atoms with Gasteiger partial charge in [0.15, 0.2) is 11.6 Å². The normalized spacial score (nSPS) is 12.8. The molecule has 0 spiro atoms. The van der Waals surface area contributed by atoms with Crippen molar-refractivity contribution in [3.63, 3.8) is 0 Å². The van der Waals surface area contributed by atoms with Gasteiger partial charge in [0, 0.05) is 102 Å². The van der Waals surface area contributed by atoms with Crippen molar-refractivity contribution in [1.82, 2.24) is 39.0 Å². The third-order valence-electron chi connectivity index (χ3n) is 19.5. The van der Waals surface area contributed by atoms with E-state index in [2.05, 4.69) is 295 Å². The largest absolute Gasteiger partial charge is 0.496 e. The van der Waals surface area contributed by atoms with E-state index in [1.54, 1.807) is 6.20 Å². The number of hydrogen-bond donors (Lipinski definition) is 0. The summed E-state index contributed by atoms with van der Waals surface area (Å²) in [5, 5.41) is 0. The first-order valence-electron chi connectivity index (χ1n) is 35.6. The summed E-state index contributed by atoms with van der Waals surface area (Å²) >= 11 is 3.43. The smallest absolute Gasteiger partial charge is 0.399 e. The molecule has 17 rings (SSSR count). The van der Waals surface area contributed by atoms with Crippen LogP contribution in [-0.2, 0) is 9.31 Å². The van der Waals surface area contributed by atoms with Crippen LogP contribution in [0.2, 0.25) is 0 Å². The predicted molar refractivity (Wildman–Crippen MR) is 439 cm³/mol. The van der Waals surface area contributed by atoms with Crippen LogP contribution in [0.15, 0.2) is 333 Å². The summed E-state index contributed by atoms with van der Waals surface area (Å²) in [4.78, 5) is 33.2. The van der Waals surface area contributed by atoms with Gasteiger partial charge in [0.25, 0.3) is 0 Å². The summed E-state index contributed by atoms with van der Waals surface area (Å²) in [5.74, 6) is 1.66. The number of aromatic nitrogens is 8. The quantitative estimate of drug-likeness (QED) is 0.0976. The molecule has 0 saturated carbocycles. The maximum atomic E-state index is 6.17. The first-order valence-corrected chi connectivity index (χ1v) is 36.4. The van der Waals surface area contributed by atoms with Gasteiger partial charge in [-0.2, -0.15) is 0 Å². The highest BCUT2D eigenvalue weighted by atomic mass is 79.9. The number of pyridine rings is 4. The van der Waals surface area contributed by atoms with Gasteiger partial charge >= 0.3 is 7.12 Å². The first kappa shape index (κ1) is 69.5. The van der Waals surface area contributed by atoms with Crippen molar-refractivity contribution in [3.8, 4) is 68.1 Å². The molecule has 0 aliphatic carbocycles. The van der Waals surface area contributed by atoms with E-state index in [9.17, 15) is 0 Å². The fraction of sp³-hybridized carbons (Fsp3) is 0.109. The number of fused-ring (bicyclic) bond motifs is 2. The van der Waals surface area contributed by atoms with Gasteiger partial charge in [-0.25, -0.2) is 9.97 Å². The zero-order chi connectivity index (χ0) is 72.9. The Balaban J connectivity index is 0.000000136. The Bertz CT molecular complexity index is 5540. The highest BCUT2D eigenvalue weighted by Gasteiger charge is 2.52. The van der Waals surface area contributed by atoms with E-state index in [4.69, 9.17) is 34.2 Å². The van der Waals surface area contributed by atoms with Gasteiger partial charge in [-0.3, -0.25) is 29.1 Å². The molecule has 0 atom stereocenters. The van der Waals surface area contributed by atoms with Crippen molar-refractivity contribution >= 4 is 84.7 Å². The van der Waals surface area contributed by atoms with Crippen molar-refractivity contribution in [2.24, 2.45) is 0 Å². The Labute approximate surface area is 628 Å². The van der Waals surface area contributed by atoms with Gasteiger partial charge in [0.2, 0.25) is 0 Å². The first-order chi connectivity index (χ1) is 51.6. The third-order valence-corrected chi connectivity index (χ3v) is 20.0. The van der Waals surface area contributed by atoms with Gasteiger partial charge in [-0.1, -0.05) is 174 Å². The zero-order valence-corrected chi connectivity index (χ0v) is 62.0. The number of rotatable bonds is 14. The molecule has 16 aromatic rings. The molecule has 6 aromatic heterocycles. The summed E-state index contributed by atoms with van der Waals surface area (Å²) in [5.41, 5.74) is 25.6. The molecule has 10 aromatic carbocycles. The minimum absolute atomic E-state index is 0.368. The van der Waals surface area contributed by atoms with E-state index in [1.807, 2.05) is 122 Å². The molecule has 0 unspecified atom stereocenters. The molecular weight excluding hydrogens is 1370 g/mol. The van der Waals surface area contributed by atoms with Gasteiger partial charge in [0.05, 0.1) is 44.7 Å². The summed E-state index contributed by atoms with van der Waals surface area (Å²) in [6, 6.07) is 105. The monoisotopic (exact) mass is 1440 g/mol. The van der Waals surface area contributed by atoms with E-state index >= 15 is 0 Å². The maximum Gasteiger partial charge on any atom is 0.496 e. The van der Waals surface area contributed by atoms with Crippen LogP contribution in [0.4, 0.5) is 34.1 Å². The second-order valence-corrected chi connectivity index (χ2v) is 28.5. The minimum atomic E-state index is -0.406. The maximum absolute atomic E-state index is 6.17. The highest BCUT2D eigenvalue weighted by Crippen LogP contribution is 2.40. The Morgan fingerprint density at radius 2 is 0.623 bits per heavy atom. The standard InChI is InChI=1S/C43H33N5.C31H33BN2O2.C18H12BrN3/c1-30-12-20-36(21-13-30)47(37-22-14-31(2)15-23-37)38-24-16-32(17-25-38)39-26-18-33(28-44-39)34-19-27-41(45-29-34)43-46-40-10-6-7-11-42(40)48(43)35-8-4-3-5-9-35;1-22-7-14-26(15-8-22)34(27-16-9-23(2)10-17-27)28-18-11-24(12-19-28)29-20-13-25(21-33-29)32-35-30(3,4)31(5,6)36-32;19-13-10-11-16(20-12-13)18-21-15-8-4-5-9-17(15)22(18)14-6-2-1-3-7-14/h3-29H,1-2H3;7-21H,1-6H3;1-12H. The van der Waals surface area contributed by atoms with Crippen molar-refractivity contribution in [3.05, 3.63) is 355 Å². The van der Waals surface area contributed by atoms with Crippen molar-refractivity contribution in [2.75, 3.05) is 9.80 Å². The lowest BCUT2D eigenvalue weighted by Crippen LogP contribution is -2.41. The van der Waals surface area contributed by atoms with E-state index in [1.165, 1.54) is 22.3 Å². The lowest BCUT2D eigenvalue weighted by molar-refractivity contribution is 0.00578. The van der Waals surface area contributed by atoms with Crippen molar-refractivity contribution in [2.45, 2.75) is 66.6 Å². The van der Waals surface area contributed by atoms with Gasteiger partial charge in [0.1, 0.15) is 11.4 Å². The summed E-state index contributed by atoms with van der Waals surface area (Å²) in [6.45, 7) is 16.7. The molecule has 518 valence electrons. The second-order valence-electron chi connectivity index (χ2n) is 27.6. The fourth-order valence-electron chi connectivity index (χ4n) is 12.9. The number of anilines is 6. The molecule has 106 heavy (non-hydrogen) atoms. The minimum Gasteiger partial charge on any atom is -0.399 e. The predicted octanol–water partition coefficient (Wildman–Crippen LogP) is 22.9.